The first-order valence-electron chi connectivity index (χ1n) is 9.92. The number of hydrogen-bond donors (Lipinski definition) is 1. The number of aryl methyl sites for hydroxylation is 1. The van der Waals surface area contributed by atoms with Crippen LogP contribution in [0.1, 0.15) is 34.5 Å². The molecular weight excluding hydrogens is 411 g/mol. The van der Waals surface area contributed by atoms with Gasteiger partial charge in [0.2, 0.25) is 0 Å². The van der Waals surface area contributed by atoms with Crippen molar-refractivity contribution in [2.24, 2.45) is 0 Å². The Kier molecular flexibility index (Phi) is 5.51. The van der Waals surface area contributed by atoms with Crippen LogP contribution in [0, 0.1) is 6.92 Å². The Morgan fingerprint density at radius 3 is 2.77 bits per heavy atom. The van der Waals surface area contributed by atoms with Crippen LogP contribution >= 0.6 is 0 Å². The molecule has 1 aliphatic heterocycles. The number of nitrogens with zero attached hydrogens (tertiary/aromatic N) is 2. The largest absolute Gasteiger partial charge is 0.497 e. The first-order chi connectivity index (χ1) is 14.8. The molecule has 164 valence electrons. The zero-order valence-electron chi connectivity index (χ0n) is 17.1. The van der Waals surface area contributed by atoms with Gasteiger partial charge in [-0.25, -0.2) is 4.98 Å². The molecule has 0 unspecified atom stereocenters. The molecule has 1 fully saturated rings. The Hall–Kier alpha value is -3.23. The first-order valence-corrected chi connectivity index (χ1v) is 9.92. The van der Waals surface area contributed by atoms with E-state index in [1.54, 1.807) is 13.2 Å². The summed E-state index contributed by atoms with van der Waals surface area (Å²) in [4.78, 5) is 18.7. The SMILES string of the molecule is COc1ccc2c(C)c(C(=O)N[C@H]3CCCN(c4ccc(C(F)(F)F)cn4)C3)oc2c1. The summed E-state index contributed by atoms with van der Waals surface area (Å²) in [5, 5.41) is 3.83. The van der Waals surface area contributed by atoms with Crippen molar-refractivity contribution in [3.63, 3.8) is 0 Å². The number of halogens is 3. The third-order valence-electron chi connectivity index (χ3n) is 5.51. The number of rotatable bonds is 4. The molecule has 1 N–H and O–H groups in total. The lowest BCUT2D eigenvalue weighted by Crippen LogP contribution is -2.48. The van der Waals surface area contributed by atoms with E-state index in [4.69, 9.17) is 9.15 Å². The van der Waals surface area contributed by atoms with Gasteiger partial charge < -0.3 is 19.4 Å². The maximum absolute atomic E-state index is 12.9. The molecule has 6 nitrogen and oxygen atoms in total. The number of fused-ring (bicyclic) bond motifs is 1. The topological polar surface area (TPSA) is 67.6 Å². The van der Waals surface area contributed by atoms with Gasteiger partial charge in [0.25, 0.3) is 5.91 Å². The molecule has 1 aliphatic rings. The van der Waals surface area contributed by atoms with Gasteiger partial charge in [-0.05, 0) is 44.0 Å². The standard InChI is InChI=1S/C22H22F3N3O3/c1-13-17-7-6-16(30-2)10-18(17)31-20(13)21(29)27-15-4-3-9-28(12-15)19-8-5-14(11-26-19)22(23,24)25/h5-8,10-11,15H,3-4,9,12H2,1-2H3,(H,27,29)/t15-/m0/s1. The molecule has 1 aromatic carbocycles. The van der Waals surface area contributed by atoms with Crippen LogP contribution in [0.3, 0.4) is 0 Å². The predicted molar refractivity (Wildman–Crippen MR) is 109 cm³/mol. The van der Waals surface area contributed by atoms with Crippen LogP contribution < -0.4 is 15.0 Å². The van der Waals surface area contributed by atoms with Gasteiger partial charge in [-0.2, -0.15) is 13.2 Å². The molecule has 1 amide bonds. The minimum atomic E-state index is -4.42. The Balaban J connectivity index is 1.46. The second-order valence-corrected chi connectivity index (χ2v) is 7.58. The van der Waals surface area contributed by atoms with E-state index in [1.807, 2.05) is 24.0 Å². The van der Waals surface area contributed by atoms with Gasteiger partial charge in [-0.3, -0.25) is 4.79 Å². The molecule has 0 saturated carbocycles. The Labute approximate surface area is 177 Å². The highest BCUT2D eigenvalue weighted by molar-refractivity contribution is 5.99. The molecule has 3 aromatic rings. The minimum Gasteiger partial charge on any atom is -0.497 e. The van der Waals surface area contributed by atoms with Gasteiger partial charge in [0.1, 0.15) is 17.2 Å². The Bertz CT molecular complexity index is 1090. The highest BCUT2D eigenvalue weighted by Crippen LogP contribution is 2.31. The molecule has 0 bridgehead atoms. The number of ether oxygens (including phenoxy) is 1. The first kappa shape index (κ1) is 21.0. The van der Waals surface area contributed by atoms with Gasteiger partial charge in [0, 0.05) is 42.3 Å². The number of pyridine rings is 1. The number of amides is 1. The van der Waals surface area contributed by atoms with Crippen molar-refractivity contribution in [3.8, 4) is 5.75 Å². The van der Waals surface area contributed by atoms with Crippen molar-refractivity contribution in [2.75, 3.05) is 25.1 Å². The maximum atomic E-state index is 12.9. The van der Waals surface area contributed by atoms with Crippen molar-refractivity contribution < 1.29 is 27.1 Å². The number of furan rings is 1. The molecule has 0 radical (unpaired) electrons. The third kappa shape index (κ3) is 4.30. The zero-order valence-corrected chi connectivity index (χ0v) is 17.1. The third-order valence-corrected chi connectivity index (χ3v) is 5.51. The van der Waals surface area contributed by atoms with Crippen LogP contribution in [0.2, 0.25) is 0 Å². The van der Waals surface area contributed by atoms with Crippen LogP contribution in [-0.4, -0.2) is 37.1 Å². The lowest BCUT2D eigenvalue weighted by molar-refractivity contribution is -0.137. The summed E-state index contributed by atoms with van der Waals surface area (Å²) in [6.45, 7) is 2.94. The van der Waals surface area contributed by atoms with Crippen molar-refractivity contribution in [3.05, 3.63) is 53.4 Å². The molecule has 2 aromatic heterocycles. The normalized spacial score (nSPS) is 17.1. The second-order valence-electron chi connectivity index (χ2n) is 7.58. The van der Waals surface area contributed by atoms with Crippen LogP contribution in [-0.2, 0) is 6.18 Å². The maximum Gasteiger partial charge on any atom is 0.417 e. The number of hydrogen-bond acceptors (Lipinski definition) is 5. The number of carbonyl (C=O) groups excluding carboxylic acids is 1. The van der Waals surface area contributed by atoms with E-state index in [0.717, 1.165) is 36.1 Å². The molecule has 3 heterocycles. The molecule has 1 atom stereocenters. The van der Waals surface area contributed by atoms with E-state index in [-0.39, 0.29) is 17.7 Å². The van der Waals surface area contributed by atoms with Gasteiger partial charge in [0.15, 0.2) is 5.76 Å². The molecule has 0 spiro atoms. The summed E-state index contributed by atoms with van der Waals surface area (Å²) in [5.41, 5.74) is 0.531. The number of alkyl halides is 3. The highest BCUT2D eigenvalue weighted by Gasteiger charge is 2.31. The van der Waals surface area contributed by atoms with E-state index in [1.165, 1.54) is 6.07 Å². The quantitative estimate of drug-likeness (QED) is 0.653. The second kappa shape index (κ2) is 8.13. The molecular formula is C22H22F3N3O3. The summed E-state index contributed by atoms with van der Waals surface area (Å²) >= 11 is 0. The van der Waals surface area contributed by atoms with Gasteiger partial charge in [0.05, 0.1) is 12.7 Å². The number of piperidine rings is 1. The summed E-state index contributed by atoms with van der Waals surface area (Å²) in [6.07, 6.45) is -2.04. The lowest BCUT2D eigenvalue weighted by atomic mass is 10.0. The zero-order chi connectivity index (χ0) is 22.2. The number of aromatic nitrogens is 1. The average molecular weight is 433 g/mol. The fourth-order valence-corrected chi connectivity index (χ4v) is 3.84. The van der Waals surface area contributed by atoms with E-state index < -0.39 is 11.7 Å². The fraction of sp³-hybridized carbons (Fsp3) is 0.364. The van der Waals surface area contributed by atoms with Crippen LogP contribution in [0.5, 0.6) is 5.75 Å². The van der Waals surface area contributed by atoms with E-state index >= 15 is 0 Å². The van der Waals surface area contributed by atoms with Crippen molar-refractivity contribution >= 4 is 22.7 Å². The molecule has 4 rings (SSSR count). The number of anilines is 1. The van der Waals surface area contributed by atoms with Crippen molar-refractivity contribution in [1.29, 1.82) is 0 Å². The summed E-state index contributed by atoms with van der Waals surface area (Å²) in [5.74, 6) is 1.02. The number of methoxy groups -OCH3 is 1. The summed E-state index contributed by atoms with van der Waals surface area (Å²) in [6, 6.07) is 7.61. The van der Waals surface area contributed by atoms with Crippen molar-refractivity contribution in [2.45, 2.75) is 32.0 Å². The smallest absolute Gasteiger partial charge is 0.417 e. The molecule has 9 heteroatoms. The monoisotopic (exact) mass is 433 g/mol. The molecule has 1 saturated heterocycles. The van der Waals surface area contributed by atoms with Crippen LogP contribution in [0.4, 0.5) is 19.0 Å². The van der Waals surface area contributed by atoms with Gasteiger partial charge >= 0.3 is 6.18 Å². The van der Waals surface area contributed by atoms with E-state index in [0.29, 0.717) is 30.2 Å². The number of nitrogens with one attached hydrogen (secondary N) is 1. The van der Waals surface area contributed by atoms with Crippen LogP contribution in [0.25, 0.3) is 11.0 Å². The van der Waals surface area contributed by atoms with Crippen molar-refractivity contribution in [1.82, 2.24) is 10.3 Å². The van der Waals surface area contributed by atoms with E-state index in [9.17, 15) is 18.0 Å². The predicted octanol–water partition coefficient (Wildman–Crippen LogP) is 4.56. The van der Waals surface area contributed by atoms with Gasteiger partial charge in [-0.15, -0.1) is 0 Å². The number of carbonyl (C=O) groups is 1. The van der Waals surface area contributed by atoms with E-state index in [2.05, 4.69) is 10.3 Å². The van der Waals surface area contributed by atoms with Crippen LogP contribution in [0.15, 0.2) is 40.9 Å². The Morgan fingerprint density at radius 1 is 1.29 bits per heavy atom. The molecule has 31 heavy (non-hydrogen) atoms. The summed E-state index contributed by atoms with van der Waals surface area (Å²) < 4.78 is 49.3. The average Bonchev–Trinajstić information content (AvgIpc) is 3.09. The van der Waals surface area contributed by atoms with Gasteiger partial charge in [-0.1, -0.05) is 0 Å². The highest BCUT2D eigenvalue weighted by atomic mass is 19.4. The minimum absolute atomic E-state index is 0.174. The lowest BCUT2D eigenvalue weighted by Gasteiger charge is -2.34. The Morgan fingerprint density at radius 2 is 2.10 bits per heavy atom. The molecule has 0 aliphatic carbocycles. The summed E-state index contributed by atoms with van der Waals surface area (Å²) in [7, 11) is 1.56. The number of benzene rings is 1. The fourth-order valence-electron chi connectivity index (χ4n) is 3.84.